The molecule has 1 atom stereocenters. The Kier molecular flexibility index (Phi) is 7.61. The molecular weight excluding hydrogens is 351 g/mol. The van der Waals surface area contributed by atoms with Gasteiger partial charge in [-0.2, -0.15) is 0 Å². The summed E-state index contributed by atoms with van der Waals surface area (Å²) in [5.74, 6) is 0.896. The number of carbonyl (C=O) groups is 2. The van der Waals surface area contributed by atoms with Crippen LogP contribution in [0, 0.1) is 5.82 Å². The summed E-state index contributed by atoms with van der Waals surface area (Å²) >= 11 is 0. The topological polar surface area (TPSA) is 76.7 Å². The van der Waals surface area contributed by atoms with Crippen molar-refractivity contribution in [2.75, 3.05) is 20.8 Å². The van der Waals surface area contributed by atoms with Gasteiger partial charge < -0.3 is 24.9 Å². The largest absolute Gasteiger partial charge is 0.493 e. The number of aldehydes is 1. The van der Waals surface area contributed by atoms with E-state index in [0.29, 0.717) is 30.0 Å². The first-order chi connectivity index (χ1) is 13.1. The molecular formula is C20H23FN2O4. The molecule has 0 saturated carbocycles. The average Bonchev–Trinajstić information content (AvgIpc) is 2.68. The summed E-state index contributed by atoms with van der Waals surface area (Å²) in [6, 6.07) is 10.3. The Morgan fingerprint density at radius 1 is 1.11 bits per heavy atom. The zero-order valence-corrected chi connectivity index (χ0v) is 15.3. The fourth-order valence-electron chi connectivity index (χ4n) is 2.64. The van der Waals surface area contributed by atoms with Crippen LogP contribution in [0.25, 0.3) is 0 Å². The lowest BCUT2D eigenvalue weighted by Crippen LogP contribution is -2.39. The lowest BCUT2D eigenvalue weighted by atomic mass is 10.0. The van der Waals surface area contributed by atoms with Crippen LogP contribution in [0.4, 0.5) is 9.18 Å². The molecule has 2 N–H and O–H groups in total. The second-order valence-corrected chi connectivity index (χ2v) is 5.85. The van der Waals surface area contributed by atoms with Crippen LogP contribution in [-0.2, 0) is 11.2 Å². The number of hydrogen-bond acceptors (Lipinski definition) is 4. The Morgan fingerprint density at radius 3 is 2.44 bits per heavy atom. The van der Waals surface area contributed by atoms with Gasteiger partial charge in [-0.05, 0) is 41.8 Å². The van der Waals surface area contributed by atoms with Gasteiger partial charge in [-0.1, -0.05) is 18.2 Å². The third-order valence-corrected chi connectivity index (χ3v) is 4.06. The number of methoxy groups -OCH3 is 2. The van der Waals surface area contributed by atoms with Crippen molar-refractivity contribution in [3.63, 3.8) is 0 Å². The Balaban J connectivity index is 1.88. The number of hydrogen-bond donors (Lipinski definition) is 2. The van der Waals surface area contributed by atoms with Gasteiger partial charge in [0.2, 0.25) is 0 Å². The predicted molar refractivity (Wildman–Crippen MR) is 99.6 cm³/mol. The highest BCUT2D eigenvalue weighted by molar-refractivity contribution is 5.75. The van der Waals surface area contributed by atoms with Crippen LogP contribution in [0.1, 0.15) is 23.6 Å². The van der Waals surface area contributed by atoms with Gasteiger partial charge in [0.25, 0.3) is 0 Å². The molecule has 2 rings (SSSR count). The summed E-state index contributed by atoms with van der Waals surface area (Å²) in [5.41, 5.74) is 1.65. The third-order valence-electron chi connectivity index (χ3n) is 4.06. The first-order valence-corrected chi connectivity index (χ1v) is 8.51. The van der Waals surface area contributed by atoms with Crippen LogP contribution in [0.2, 0.25) is 0 Å². The Bertz CT molecular complexity index is 765. The highest BCUT2D eigenvalue weighted by Crippen LogP contribution is 2.27. The normalized spacial score (nSPS) is 11.4. The summed E-state index contributed by atoms with van der Waals surface area (Å²) in [6.45, 7) is 0.401. The number of halogens is 1. The molecule has 6 nitrogen and oxygen atoms in total. The van der Waals surface area contributed by atoms with Crippen LogP contribution in [0.15, 0.2) is 42.5 Å². The number of carbonyl (C=O) groups excluding carboxylic acids is 2. The van der Waals surface area contributed by atoms with E-state index in [4.69, 9.17) is 9.47 Å². The van der Waals surface area contributed by atoms with Gasteiger partial charge in [0.1, 0.15) is 12.1 Å². The van der Waals surface area contributed by atoms with Crippen LogP contribution in [0.3, 0.4) is 0 Å². The fraction of sp³-hybridized carbons (Fsp3) is 0.300. The molecule has 0 radical (unpaired) electrons. The molecule has 0 spiro atoms. The number of nitrogens with one attached hydrogen (secondary N) is 2. The van der Waals surface area contributed by atoms with Gasteiger partial charge in [-0.3, -0.25) is 0 Å². The zero-order chi connectivity index (χ0) is 19.6. The highest BCUT2D eigenvalue weighted by atomic mass is 19.1. The molecule has 2 aromatic rings. The molecule has 0 heterocycles. The SMILES string of the molecule is COc1ccc(CCNC(=O)NC(CC=O)c2ccc(F)cc2)cc1OC. The summed E-state index contributed by atoms with van der Waals surface area (Å²) in [4.78, 5) is 23.0. The first-order valence-electron chi connectivity index (χ1n) is 8.51. The van der Waals surface area contributed by atoms with Crippen molar-refractivity contribution in [3.05, 3.63) is 59.4 Å². The first kappa shape index (κ1) is 20.2. The minimum Gasteiger partial charge on any atom is -0.493 e. The van der Waals surface area contributed by atoms with Gasteiger partial charge in [-0.15, -0.1) is 0 Å². The van der Waals surface area contributed by atoms with Crippen molar-refractivity contribution in [1.29, 1.82) is 0 Å². The molecule has 27 heavy (non-hydrogen) atoms. The molecule has 0 aliphatic heterocycles. The van der Waals surface area contributed by atoms with Gasteiger partial charge in [0.15, 0.2) is 11.5 Å². The van der Waals surface area contributed by atoms with E-state index >= 15 is 0 Å². The number of rotatable bonds is 9. The van der Waals surface area contributed by atoms with E-state index < -0.39 is 12.1 Å². The molecule has 0 aliphatic carbocycles. The summed E-state index contributed by atoms with van der Waals surface area (Å²) in [6.07, 6.45) is 1.43. The van der Waals surface area contributed by atoms with E-state index in [1.54, 1.807) is 26.4 Å². The van der Waals surface area contributed by atoms with Gasteiger partial charge in [-0.25, -0.2) is 9.18 Å². The van der Waals surface area contributed by atoms with Gasteiger partial charge in [0, 0.05) is 13.0 Å². The van der Waals surface area contributed by atoms with Crippen molar-refractivity contribution in [2.24, 2.45) is 0 Å². The van der Waals surface area contributed by atoms with Crippen LogP contribution < -0.4 is 20.1 Å². The standard InChI is InChI=1S/C20H23FN2O4/c1-26-18-8-3-14(13-19(18)27-2)9-11-22-20(25)23-17(10-12-24)15-4-6-16(21)7-5-15/h3-8,12-13,17H,9-11H2,1-2H3,(H2,22,23,25). The van der Waals surface area contributed by atoms with Crippen molar-refractivity contribution >= 4 is 12.3 Å². The highest BCUT2D eigenvalue weighted by Gasteiger charge is 2.14. The lowest BCUT2D eigenvalue weighted by molar-refractivity contribution is -0.108. The summed E-state index contributed by atoms with van der Waals surface area (Å²) < 4.78 is 23.5. The molecule has 0 bridgehead atoms. The maximum atomic E-state index is 13.0. The molecule has 2 aromatic carbocycles. The van der Waals surface area contributed by atoms with E-state index in [0.717, 1.165) is 11.8 Å². The zero-order valence-electron chi connectivity index (χ0n) is 15.3. The van der Waals surface area contributed by atoms with Gasteiger partial charge in [0.05, 0.1) is 20.3 Å². The molecule has 7 heteroatoms. The van der Waals surface area contributed by atoms with Crippen LogP contribution in [0.5, 0.6) is 11.5 Å². The second kappa shape index (κ2) is 10.2. The molecule has 0 fully saturated rings. The molecule has 144 valence electrons. The van der Waals surface area contributed by atoms with E-state index in [1.165, 1.54) is 12.1 Å². The molecule has 0 aliphatic rings. The summed E-state index contributed by atoms with van der Waals surface area (Å²) in [5, 5.41) is 5.49. The van der Waals surface area contributed by atoms with Crippen LogP contribution >= 0.6 is 0 Å². The number of amides is 2. The third kappa shape index (κ3) is 5.99. The number of benzene rings is 2. The maximum Gasteiger partial charge on any atom is 0.315 e. The van der Waals surface area contributed by atoms with Crippen molar-refractivity contribution in [3.8, 4) is 11.5 Å². The number of ether oxygens (including phenoxy) is 2. The van der Waals surface area contributed by atoms with Crippen molar-refractivity contribution < 1.29 is 23.5 Å². The Morgan fingerprint density at radius 2 is 1.81 bits per heavy atom. The molecule has 0 aromatic heterocycles. The Labute approximate surface area is 157 Å². The molecule has 0 saturated heterocycles. The monoisotopic (exact) mass is 374 g/mol. The molecule has 1 unspecified atom stereocenters. The smallest absolute Gasteiger partial charge is 0.315 e. The number of urea groups is 1. The maximum absolute atomic E-state index is 13.0. The van der Waals surface area contributed by atoms with Crippen LogP contribution in [-0.4, -0.2) is 33.1 Å². The quantitative estimate of drug-likeness (QED) is 0.662. The van der Waals surface area contributed by atoms with Crippen molar-refractivity contribution in [1.82, 2.24) is 10.6 Å². The van der Waals surface area contributed by atoms with Gasteiger partial charge >= 0.3 is 6.03 Å². The Hall–Kier alpha value is -3.09. The fourth-order valence-corrected chi connectivity index (χ4v) is 2.64. The summed E-state index contributed by atoms with van der Waals surface area (Å²) in [7, 11) is 3.14. The minimum atomic E-state index is -0.510. The minimum absolute atomic E-state index is 0.106. The van der Waals surface area contributed by atoms with E-state index in [-0.39, 0.29) is 12.2 Å². The van der Waals surface area contributed by atoms with Crippen molar-refractivity contribution in [2.45, 2.75) is 18.9 Å². The second-order valence-electron chi connectivity index (χ2n) is 5.85. The van der Waals surface area contributed by atoms with E-state index in [9.17, 15) is 14.0 Å². The van der Waals surface area contributed by atoms with E-state index in [1.807, 2.05) is 18.2 Å². The predicted octanol–water partition coefficient (Wildman–Crippen LogP) is 3.01. The lowest BCUT2D eigenvalue weighted by Gasteiger charge is -2.17. The van der Waals surface area contributed by atoms with E-state index in [2.05, 4.69) is 10.6 Å². The average molecular weight is 374 g/mol. The molecule has 2 amide bonds.